The SMILES string of the molecule is CC(c1ccc(N2CCOCC2)cc1)N1CCC(Cl)(CC(=O)c2ccccc2)CC1. The Morgan fingerprint density at radius 1 is 1.00 bits per heavy atom. The van der Waals surface area contributed by atoms with Crippen molar-refractivity contribution in [3.63, 3.8) is 0 Å². The molecule has 4 rings (SSSR count). The van der Waals surface area contributed by atoms with E-state index in [1.165, 1.54) is 11.3 Å². The number of alkyl halides is 1. The molecule has 0 spiro atoms. The van der Waals surface area contributed by atoms with E-state index in [1.54, 1.807) is 0 Å². The lowest BCUT2D eigenvalue weighted by Crippen LogP contribution is -2.43. The molecule has 160 valence electrons. The van der Waals surface area contributed by atoms with Gasteiger partial charge in [-0.1, -0.05) is 42.5 Å². The summed E-state index contributed by atoms with van der Waals surface area (Å²) in [7, 11) is 0. The first kappa shape index (κ1) is 21.4. The summed E-state index contributed by atoms with van der Waals surface area (Å²) in [6.07, 6.45) is 2.09. The van der Waals surface area contributed by atoms with Gasteiger partial charge in [0.05, 0.1) is 18.1 Å². The van der Waals surface area contributed by atoms with Gasteiger partial charge >= 0.3 is 0 Å². The van der Waals surface area contributed by atoms with Crippen LogP contribution in [0.4, 0.5) is 5.69 Å². The third-order valence-corrected chi connectivity index (χ3v) is 7.08. The third-order valence-electron chi connectivity index (χ3n) is 6.57. The zero-order valence-electron chi connectivity index (χ0n) is 17.7. The Labute approximate surface area is 184 Å². The molecule has 2 fully saturated rings. The number of ketones is 1. The number of halogens is 1. The van der Waals surface area contributed by atoms with Gasteiger partial charge in [-0.25, -0.2) is 0 Å². The normalized spacial score (nSPS) is 20.7. The van der Waals surface area contributed by atoms with Gasteiger partial charge in [0.2, 0.25) is 0 Å². The predicted molar refractivity (Wildman–Crippen MR) is 123 cm³/mol. The second-order valence-electron chi connectivity index (χ2n) is 8.52. The Kier molecular flexibility index (Phi) is 6.77. The Bertz CT molecular complexity index is 826. The number of anilines is 1. The van der Waals surface area contributed by atoms with Crippen molar-refractivity contribution in [2.24, 2.45) is 0 Å². The van der Waals surface area contributed by atoms with Crippen molar-refractivity contribution < 1.29 is 9.53 Å². The minimum absolute atomic E-state index is 0.144. The average molecular weight is 427 g/mol. The number of Topliss-reactive ketones (excluding diaryl/α,β-unsaturated/α-hetero) is 1. The van der Waals surface area contributed by atoms with Crippen LogP contribution >= 0.6 is 11.6 Å². The van der Waals surface area contributed by atoms with Crippen LogP contribution in [0, 0.1) is 0 Å². The van der Waals surface area contributed by atoms with Crippen LogP contribution in [0.5, 0.6) is 0 Å². The first-order valence-corrected chi connectivity index (χ1v) is 11.4. The van der Waals surface area contributed by atoms with Gasteiger partial charge in [0.15, 0.2) is 5.78 Å². The maximum atomic E-state index is 12.6. The number of hydrogen-bond acceptors (Lipinski definition) is 4. The van der Waals surface area contributed by atoms with Crippen molar-refractivity contribution in [3.05, 3.63) is 65.7 Å². The molecule has 0 aliphatic carbocycles. The molecule has 5 heteroatoms. The van der Waals surface area contributed by atoms with Crippen LogP contribution in [0.3, 0.4) is 0 Å². The van der Waals surface area contributed by atoms with E-state index in [0.29, 0.717) is 12.5 Å². The lowest BCUT2D eigenvalue weighted by atomic mass is 9.88. The van der Waals surface area contributed by atoms with Crippen LogP contribution in [0.15, 0.2) is 54.6 Å². The van der Waals surface area contributed by atoms with Crippen molar-refractivity contribution in [1.82, 2.24) is 4.90 Å². The lowest BCUT2D eigenvalue weighted by molar-refractivity contribution is 0.0927. The van der Waals surface area contributed by atoms with Gasteiger partial charge < -0.3 is 9.64 Å². The highest BCUT2D eigenvalue weighted by Gasteiger charge is 2.36. The standard InChI is InChI=1S/C25H31ClN2O2/c1-20(21-7-9-23(10-8-21)28-15-17-30-18-16-28)27-13-11-25(26,12-14-27)19-24(29)22-5-3-2-4-6-22/h2-10,20H,11-19H2,1H3. The summed E-state index contributed by atoms with van der Waals surface area (Å²) in [5, 5.41) is 0. The zero-order valence-corrected chi connectivity index (χ0v) is 18.5. The minimum atomic E-state index is -0.427. The summed E-state index contributed by atoms with van der Waals surface area (Å²) >= 11 is 6.88. The monoisotopic (exact) mass is 426 g/mol. The van der Waals surface area contributed by atoms with Gasteiger partial charge in [-0.3, -0.25) is 9.69 Å². The van der Waals surface area contributed by atoms with E-state index in [4.69, 9.17) is 16.3 Å². The number of likely N-dealkylation sites (tertiary alicyclic amines) is 1. The topological polar surface area (TPSA) is 32.8 Å². The van der Waals surface area contributed by atoms with Crippen LogP contribution in [0.2, 0.25) is 0 Å². The molecule has 4 nitrogen and oxygen atoms in total. The highest BCUT2D eigenvalue weighted by atomic mass is 35.5. The molecule has 0 amide bonds. The molecule has 2 aliphatic heterocycles. The van der Waals surface area contributed by atoms with Gasteiger partial charge in [-0.05, 0) is 37.5 Å². The maximum absolute atomic E-state index is 12.6. The summed E-state index contributed by atoms with van der Waals surface area (Å²) in [6, 6.07) is 18.8. The summed E-state index contributed by atoms with van der Waals surface area (Å²) in [6.45, 7) is 7.62. The van der Waals surface area contributed by atoms with Gasteiger partial charge in [0, 0.05) is 49.9 Å². The van der Waals surface area contributed by atoms with E-state index in [9.17, 15) is 4.79 Å². The molecule has 1 unspecified atom stereocenters. The molecule has 0 N–H and O–H groups in total. The van der Waals surface area contributed by atoms with Crippen LogP contribution in [-0.2, 0) is 4.74 Å². The second-order valence-corrected chi connectivity index (χ2v) is 9.32. The van der Waals surface area contributed by atoms with Crippen LogP contribution in [0.25, 0.3) is 0 Å². The molecule has 2 aromatic carbocycles. The molecule has 0 aromatic heterocycles. The number of nitrogens with zero attached hydrogens (tertiary/aromatic N) is 2. The Morgan fingerprint density at radius 2 is 1.63 bits per heavy atom. The Hall–Kier alpha value is -1.88. The first-order chi connectivity index (χ1) is 14.5. The fourth-order valence-corrected chi connectivity index (χ4v) is 4.79. The summed E-state index contributed by atoms with van der Waals surface area (Å²) in [5.41, 5.74) is 3.36. The number of benzene rings is 2. The molecule has 0 saturated carbocycles. The average Bonchev–Trinajstić information content (AvgIpc) is 2.80. The zero-order chi connectivity index (χ0) is 21.0. The Morgan fingerprint density at radius 3 is 2.27 bits per heavy atom. The van der Waals surface area contributed by atoms with E-state index in [0.717, 1.165) is 57.8 Å². The number of piperidine rings is 1. The van der Waals surface area contributed by atoms with Crippen LogP contribution in [-0.4, -0.2) is 55.0 Å². The van der Waals surface area contributed by atoms with E-state index >= 15 is 0 Å². The van der Waals surface area contributed by atoms with E-state index in [1.807, 2.05) is 30.3 Å². The predicted octanol–water partition coefficient (Wildman–Crippen LogP) is 4.93. The number of carbonyl (C=O) groups excluding carboxylic acids is 1. The van der Waals surface area contributed by atoms with Crippen molar-refractivity contribution in [3.8, 4) is 0 Å². The molecular weight excluding hydrogens is 396 g/mol. The minimum Gasteiger partial charge on any atom is -0.378 e. The molecule has 0 radical (unpaired) electrons. The van der Waals surface area contributed by atoms with Gasteiger partial charge in [-0.2, -0.15) is 0 Å². The second kappa shape index (κ2) is 9.51. The van der Waals surface area contributed by atoms with E-state index in [2.05, 4.69) is 41.0 Å². The fraction of sp³-hybridized carbons (Fsp3) is 0.480. The first-order valence-electron chi connectivity index (χ1n) is 11.0. The molecule has 1 atom stereocenters. The van der Waals surface area contributed by atoms with Crippen molar-refractivity contribution in [1.29, 1.82) is 0 Å². The van der Waals surface area contributed by atoms with Gasteiger partial charge in [-0.15, -0.1) is 11.6 Å². The van der Waals surface area contributed by atoms with Gasteiger partial charge in [0.1, 0.15) is 0 Å². The highest BCUT2D eigenvalue weighted by Crippen LogP contribution is 2.37. The highest BCUT2D eigenvalue weighted by molar-refractivity contribution is 6.25. The maximum Gasteiger partial charge on any atom is 0.164 e. The van der Waals surface area contributed by atoms with Crippen molar-refractivity contribution in [2.75, 3.05) is 44.3 Å². The number of rotatable bonds is 6. The molecule has 2 saturated heterocycles. The summed E-state index contributed by atoms with van der Waals surface area (Å²) in [5.74, 6) is 0.144. The molecule has 2 aromatic rings. The molecular formula is C25H31ClN2O2. The fourth-order valence-electron chi connectivity index (χ4n) is 4.50. The number of morpholine rings is 1. The van der Waals surface area contributed by atoms with E-state index in [-0.39, 0.29) is 5.78 Å². The summed E-state index contributed by atoms with van der Waals surface area (Å²) in [4.78, 5) is 17.0. The van der Waals surface area contributed by atoms with Crippen LogP contribution in [0.1, 0.15) is 48.1 Å². The third kappa shape index (κ3) is 5.05. The molecule has 2 aliphatic rings. The van der Waals surface area contributed by atoms with Gasteiger partial charge in [0.25, 0.3) is 0 Å². The molecule has 30 heavy (non-hydrogen) atoms. The van der Waals surface area contributed by atoms with Crippen molar-refractivity contribution >= 4 is 23.1 Å². The van der Waals surface area contributed by atoms with Crippen LogP contribution < -0.4 is 4.90 Å². The molecule has 2 heterocycles. The van der Waals surface area contributed by atoms with Crippen molar-refractivity contribution in [2.45, 2.75) is 37.1 Å². The Balaban J connectivity index is 1.32. The number of ether oxygens (including phenoxy) is 1. The summed E-state index contributed by atoms with van der Waals surface area (Å²) < 4.78 is 5.45. The lowest BCUT2D eigenvalue weighted by Gasteiger charge is -2.40. The quantitative estimate of drug-likeness (QED) is 0.484. The van der Waals surface area contributed by atoms with E-state index < -0.39 is 4.87 Å². The number of hydrogen-bond donors (Lipinski definition) is 0. The molecule has 0 bridgehead atoms. The number of carbonyl (C=O) groups is 1. The largest absolute Gasteiger partial charge is 0.378 e. The smallest absolute Gasteiger partial charge is 0.164 e.